The van der Waals surface area contributed by atoms with Crippen LogP contribution in [0.15, 0.2) is 60.3 Å². The first-order valence-electron chi connectivity index (χ1n) is 7.68. The molecule has 0 atom stereocenters. The second-order valence-corrected chi connectivity index (χ2v) is 7.98. The fraction of sp³-hybridized carbons (Fsp3) is 0.125. The average Bonchev–Trinajstić information content (AvgIpc) is 3.17. The molecule has 0 aliphatic heterocycles. The standard InChI is InChI=1S/C16H15ClN6O3S/c1-22(27(25,26)13-3-2-6-18-8-13)9-16(24)21-14-7-12(17)4-5-15(14)23-11-19-10-20-23/h2-8,10-11H,9H2,1H3,(H,21,24). The Bertz CT molecular complexity index is 1040. The molecule has 27 heavy (non-hydrogen) atoms. The maximum Gasteiger partial charge on any atom is 0.244 e. The predicted octanol–water partition coefficient (Wildman–Crippen LogP) is 1.57. The highest BCUT2D eigenvalue weighted by atomic mass is 35.5. The number of likely N-dealkylation sites (N-methyl/N-ethyl adjacent to an activating group) is 1. The Hall–Kier alpha value is -2.82. The summed E-state index contributed by atoms with van der Waals surface area (Å²) in [5.41, 5.74) is 0.924. The van der Waals surface area contributed by atoms with Crippen LogP contribution in [0.5, 0.6) is 0 Å². The number of aromatic nitrogens is 4. The molecular formula is C16H15ClN6O3S. The van der Waals surface area contributed by atoms with E-state index in [0.717, 1.165) is 4.31 Å². The van der Waals surface area contributed by atoms with Crippen LogP contribution in [-0.2, 0) is 14.8 Å². The summed E-state index contributed by atoms with van der Waals surface area (Å²) in [5.74, 6) is -0.534. The summed E-state index contributed by atoms with van der Waals surface area (Å²) >= 11 is 6.01. The Morgan fingerprint density at radius 2 is 2.11 bits per heavy atom. The van der Waals surface area contributed by atoms with Crippen LogP contribution in [0.1, 0.15) is 0 Å². The molecule has 0 unspecified atom stereocenters. The number of amides is 1. The molecule has 0 saturated carbocycles. The molecular weight excluding hydrogens is 392 g/mol. The van der Waals surface area contributed by atoms with Crippen LogP contribution in [0, 0.1) is 0 Å². The van der Waals surface area contributed by atoms with Gasteiger partial charge in [-0.25, -0.2) is 18.1 Å². The summed E-state index contributed by atoms with van der Waals surface area (Å²) in [6, 6.07) is 7.79. The van der Waals surface area contributed by atoms with E-state index in [1.54, 1.807) is 18.2 Å². The quantitative estimate of drug-likeness (QED) is 0.665. The minimum Gasteiger partial charge on any atom is -0.323 e. The van der Waals surface area contributed by atoms with E-state index >= 15 is 0 Å². The van der Waals surface area contributed by atoms with Gasteiger partial charge >= 0.3 is 0 Å². The lowest BCUT2D eigenvalue weighted by molar-refractivity contribution is -0.116. The fourth-order valence-corrected chi connectivity index (χ4v) is 3.56. The Morgan fingerprint density at radius 3 is 2.78 bits per heavy atom. The molecule has 2 aromatic heterocycles. The van der Waals surface area contributed by atoms with Crippen LogP contribution >= 0.6 is 11.6 Å². The van der Waals surface area contributed by atoms with Gasteiger partial charge < -0.3 is 5.32 Å². The molecule has 0 fully saturated rings. The number of halogens is 1. The van der Waals surface area contributed by atoms with Gasteiger partial charge in [0.05, 0.1) is 17.9 Å². The second-order valence-electron chi connectivity index (χ2n) is 5.50. The number of carbonyl (C=O) groups excluding carboxylic acids is 1. The van der Waals surface area contributed by atoms with Gasteiger partial charge in [-0.1, -0.05) is 11.6 Å². The third-order valence-corrected chi connectivity index (χ3v) is 5.63. The highest BCUT2D eigenvalue weighted by Gasteiger charge is 2.23. The zero-order valence-electron chi connectivity index (χ0n) is 14.2. The van der Waals surface area contributed by atoms with E-state index in [4.69, 9.17) is 11.6 Å². The number of pyridine rings is 1. The number of nitrogens with zero attached hydrogens (tertiary/aromatic N) is 5. The van der Waals surface area contributed by atoms with Gasteiger partial charge in [0.1, 0.15) is 17.6 Å². The molecule has 11 heteroatoms. The van der Waals surface area contributed by atoms with Crippen molar-refractivity contribution in [3.8, 4) is 5.69 Å². The number of rotatable bonds is 6. The first-order chi connectivity index (χ1) is 12.9. The third-order valence-electron chi connectivity index (χ3n) is 3.61. The van der Waals surface area contributed by atoms with Gasteiger partial charge in [-0.15, -0.1) is 0 Å². The molecule has 0 saturated heterocycles. The van der Waals surface area contributed by atoms with E-state index in [9.17, 15) is 13.2 Å². The Labute approximate surface area is 160 Å². The SMILES string of the molecule is CN(CC(=O)Nc1cc(Cl)ccc1-n1cncn1)S(=O)(=O)c1cccnc1. The molecule has 0 aliphatic carbocycles. The third kappa shape index (κ3) is 4.30. The van der Waals surface area contributed by atoms with E-state index < -0.39 is 15.9 Å². The number of nitrogens with one attached hydrogen (secondary N) is 1. The molecule has 1 aromatic carbocycles. The molecule has 9 nitrogen and oxygen atoms in total. The van der Waals surface area contributed by atoms with Crippen molar-refractivity contribution in [2.75, 3.05) is 18.9 Å². The molecule has 3 rings (SSSR count). The predicted molar refractivity (Wildman–Crippen MR) is 99.1 cm³/mol. The van der Waals surface area contributed by atoms with E-state index in [2.05, 4.69) is 20.4 Å². The lowest BCUT2D eigenvalue weighted by atomic mass is 10.2. The molecule has 0 radical (unpaired) electrons. The van der Waals surface area contributed by atoms with Gasteiger partial charge in [-0.05, 0) is 30.3 Å². The Morgan fingerprint density at radius 1 is 1.30 bits per heavy atom. The molecule has 2 heterocycles. The van der Waals surface area contributed by atoms with E-state index in [-0.39, 0.29) is 11.4 Å². The number of carbonyl (C=O) groups is 1. The fourth-order valence-electron chi connectivity index (χ4n) is 2.30. The molecule has 3 aromatic rings. The van der Waals surface area contributed by atoms with Gasteiger partial charge in [0, 0.05) is 24.5 Å². The summed E-state index contributed by atoms with van der Waals surface area (Å²) in [6.45, 7) is -0.388. The van der Waals surface area contributed by atoms with Crippen LogP contribution in [0.25, 0.3) is 5.69 Å². The monoisotopic (exact) mass is 406 g/mol. The largest absolute Gasteiger partial charge is 0.323 e. The summed E-state index contributed by atoms with van der Waals surface area (Å²) in [4.78, 5) is 20.1. The lowest BCUT2D eigenvalue weighted by Crippen LogP contribution is -2.35. The van der Waals surface area contributed by atoms with E-state index in [0.29, 0.717) is 16.4 Å². The number of sulfonamides is 1. The van der Waals surface area contributed by atoms with Gasteiger partial charge in [0.2, 0.25) is 15.9 Å². The summed E-state index contributed by atoms with van der Waals surface area (Å²) in [6.07, 6.45) is 5.52. The summed E-state index contributed by atoms with van der Waals surface area (Å²) < 4.78 is 27.4. The zero-order valence-corrected chi connectivity index (χ0v) is 15.7. The topological polar surface area (TPSA) is 110 Å². The summed E-state index contributed by atoms with van der Waals surface area (Å²) in [5, 5.41) is 7.09. The Kier molecular flexibility index (Phi) is 5.49. The van der Waals surface area contributed by atoms with Crippen LogP contribution in [-0.4, -0.2) is 52.0 Å². The minimum atomic E-state index is -3.83. The smallest absolute Gasteiger partial charge is 0.244 e. The Balaban J connectivity index is 1.78. The molecule has 0 spiro atoms. The zero-order chi connectivity index (χ0) is 19.4. The lowest BCUT2D eigenvalue weighted by Gasteiger charge is -2.17. The molecule has 1 N–H and O–H groups in total. The van der Waals surface area contributed by atoms with Crippen LogP contribution < -0.4 is 5.32 Å². The van der Waals surface area contributed by atoms with Crippen molar-refractivity contribution in [1.82, 2.24) is 24.1 Å². The average molecular weight is 407 g/mol. The van der Waals surface area contributed by atoms with Crippen molar-refractivity contribution >= 4 is 33.2 Å². The van der Waals surface area contributed by atoms with Crippen molar-refractivity contribution in [3.05, 3.63) is 60.4 Å². The molecule has 140 valence electrons. The van der Waals surface area contributed by atoms with Gasteiger partial charge in [-0.2, -0.15) is 9.40 Å². The molecule has 0 bridgehead atoms. The number of anilines is 1. The number of hydrogen-bond acceptors (Lipinski definition) is 6. The van der Waals surface area contributed by atoms with Gasteiger partial charge in [0.25, 0.3) is 0 Å². The van der Waals surface area contributed by atoms with Crippen molar-refractivity contribution in [2.24, 2.45) is 0 Å². The van der Waals surface area contributed by atoms with E-state index in [1.165, 1.54) is 48.9 Å². The second kappa shape index (κ2) is 7.82. The minimum absolute atomic E-state index is 0.00589. The molecule has 0 aliphatic rings. The first kappa shape index (κ1) is 19.0. The van der Waals surface area contributed by atoms with Gasteiger partial charge in [0.15, 0.2) is 0 Å². The maximum absolute atomic E-state index is 12.5. The maximum atomic E-state index is 12.5. The number of benzene rings is 1. The van der Waals surface area contributed by atoms with Crippen molar-refractivity contribution in [3.63, 3.8) is 0 Å². The van der Waals surface area contributed by atoms with Crippen molar-refractivity contribution in [1.29, 1.82) is 0 Å². The highest BCUT2D eigenvalue weighted by molar-refractivity contribution is 7.89. The first-order valence-corrected chi connectivity index (χ1v) is 9.50. The van der Waals surface area contributed by atoms with Crippen LogP contribution in [0.4, 0.5) is 5.69 Å². The molecule has 1 amide bonds. The van der Waals surface area contributed by atoms with Crippen molar-refractivity contribution in [2.45, 2.75) is 4.90 Å². The van der Waals surface area contributed by atoms with Crippen LogP contribution in [0.3, 0.4) is 0 Å². The van der Waals surface area contributed by atoms with Crippen molar-refractivity contribution < 1.29 is 13.2 Å². The summed E-state index contributed by atoms with van der Waals surface area (Å²) in [7, 11) is -2.51. The van der Waals surface area contributed by atoms with Crippen LogP contribution in [0.2, 0.25) is 5.02 Å². The van der Waals surface area contributed by atoms with Gasteiger partial charge in [-0.3, -0.25) is 9.78 Å². The number of hydrogen-bond donors (Lipinski definition) is 1. The normalized spacial score (nSPS) is 11.5. The highest BCUT2D eigenvalue weighted by Crippen LogP contribution is 2.24. The van der Waals surface area contributed by atoms with E-state index in [1.807, 2.05) is 0 Å².